The van der Waals surface area contributed by atoms with E-state index in [4.69, 9.17) is 0 Å². The maximum atomic E-state index is 3.40. The summed E-state index contributed by atoms with van der Waals surface area (Å²) in [5, 5.41) is 3.40. The topological polar surface area (TPSA) is 18.5 Å². The summed E-state index contributed by atoms with van der Waals surface area (Å²) in [4.78, 5) is 5.07. The average Bonchev–Trinajstić information content (AvgIpc) is 3.04. The Morgan fingerprint density at radius 3 is 2.90 bits per heavy atom. The second kappa shape index (κ2) is 6.37. The van der Waals surface area contributed by atoms with E-state index >= 15 is 0 Å². The van der Waals surface area contributed by atoms with Crippen molar-refractivity contribution in [2.75, 3.05) is 45.2 Å². The number of nitrogens with zero attached hydrogens (tertiary/aromatic N) is 2. The van der Waals surface area contributed by atoms with E-state index < -0.39 is 0 Å². The van der Waals surface area contributed by atoms with E-state index in [0.29, 0.717) is 6.04 Å². The van der Waals surface area contributed by atoms with Crippen molar-refractivity contribution < 1.29 is 0 Å². The number of anilines is 1. The van der Waals surface area contributed by atoms with Crippen LogP contribution in [0.25, 0.3) is 0 Å². The van der Waals surface area contributed by atoms with Crippen LogP contribution >= 0.6 is 0 Å². The van der Waals surface area contributed by atoms with Crippen molar-refractivity contribution in [3.63, 3.8) is 0 Å². The molecular weight excluding hydrogens is 258 g/mol. The highest BCUT2D eigenvalue weighted by Crippen LogP contribution is 2.39. The van der Waals surface area contributed by atoms with Crippen molar-refractivity contribution >= 4 is 5.69 Å². The van der Waals surface area contributed by atoms with Crippen molar-refractivity contribution in [1.82, 2.24) is 10.2 Å². The Hall–Kier alpha value is -1.06. The third kappa shape index (κ3) is 2.82. The van der Waals surface area contributed by atoms with Gasteiger partial charge in [-0.25, -0.2) is 0 Å². The lowest BCUT2D eigenvalue weighted by Crippen LogP contribution is -2.29. The Morgan fingerprint density at radius 2 is 2.14 bits per heavy atom. The number of nitrogens with one attached hydrogen (secondary N) is 1. The van der Waals surface area contributed by atoms with Crippen LogP contribution in [0.4, 0.5) is 5.69 Å². The molecule has 0 aromatic heterocycles. The smallest absolute Gasteiger partial charge is 0.0397 e. The number of rotatable bonds is 5. The van der Waals surface area contributed by atoms with Crippen LogP contribution < -0.4 is 10.2 Å². The van der Waals surface area contributed by atoms with Crippen LogP contribution in [0.1, 0.15) is 36.9 Å². The van der Waals surface area contributed by atoms with E-state index in [1.54, 1.807) is 5.56 Å². The molecule has 1 aromatic rings. The SMILES string of the molecule is CCCN1CCC(CNC)C1c1ccc2c(c1)CCN2C. The molecule has 1 saturated heterocycles. The van der Waals surface area contributed by atoms with Crippen molar-refractivity contribution in [3.05, 3.63) is 29.3 Å². The van der Waals surface area contributed by atoms with Gasteiger partial charge in [0.15, 0.2) is 0 Å². The number of likely N-dealkylation sites (N-methyl/N-ethyl adjacent to an activating group) is 1. The summed E-state index contributed by atoms with van der Waals surface area (Å²) in [5.41, 5.74) is 4.51. The van der Waals surface area contributed by atoms with E-state index in [9.17, 15) is 0 Å². The molecule has 3 rings (SSSR count). The fourth-order valence-electron chi connectivity index (χ4n) is 4.19. The van der Waals surface area contributed by atoms with Crippen molar-refractivity contribution in [3.8, 4) is 0 Å². The zero-order valence-electron chi connectivity index (χ0n) is 13.7. The highest BCUT2D eigenvalue weighted by atomic mass is 15.2. The van der Waals surface area contributed by atoms with Gasteiger partial charge in [0.25, 0.3) is 0 Å². The first-order chi connectivity index (χ1) is 10.2. The Morgan fingerprint density at radius 1 is 1.29 bits per heavy atom. The average molecular weight is 287 g/mol. The van der Waals surface area contributed by atoms with Crippen LogP contribution in [0.15, 0.2) is 18.2 Å². The van der Waals surface area contributed by atoms with E-state index in [2.05, 4.69) is 54.3 Å². The third-order valence-corrected chi connectivity index (χ3v) is 5.18. The molecule has 2 unspecified atom stereocenters. The van der Waals surface area contributed by atoms with Crippen LogP contribution in [0, 0.1) is 5.92 Å². The minimum atomic E-state index is 0.605. The lowest BCUT2D eigenvalue weighted by molar-refractivity contribution is 0.227. The van der Waals surface area contributed by atoms with Crippen LogP contribution in [-0.2, 0) is 6.42 Å². The monoisotopic (exact) mass is 287 g/mol. The summed E-state index contributed by atoms with van der Waals surface area (Å²) in [6.07, 6.45) is 3.77. The molecule has 21 heavy (non-hydrogen) atoms. The molecular formula is C18H29N3. The Balaban J connectivity index is 1.88. The van der Waals surface area contributed by atoms with E-state index in [0.717, 1.165) is 12.5 Å². The molecule has 0 bridgehead atoms. The second-order valence-corrected chi connectivity index (χ2v) is 6.65. The number of hydrogen-bond donors (Lipinski definition) is 1. The van der Waals surface area contributed by atoms with Crippen LogP contribution in [-0.4, -0.2) is 45.2 Å². The molecule has 1 N–H and O–H groups in total. The molecule has 0 aliphatic carbocycles. The quantitative estimate of drug-likeness (QED) is 0.898. The molecule has 2 aliphatic heterocycles. The van der Waals surface area contributed by atoms with Crippen molar-refractivity contribution in [2.45, 2.75) is 32.2 Å². The first-order valence-corrected chi connectivity index (χ1v) is 8.47. The van der Waals surface area contributed by atoms with Crippen LogP contribution in [0.5, 0.6) is 0 Å². The van der Waals surface area contributed by atoms with Gasteiger partial charge in [0.2, 0.25) is 0 Å². The number of likely N-dealkylation sites (tertiary alicyclic amines) is 1. The van der Waals surface area contributed by atoms with Gasteiger partial charge < -0.3 is 10.2 Å². The predicted octanol–water partition coefficient (Wildman–Crippen LogP) is 2.67. The molecule has 0 saturated carbocycles. The Kier molecular flexibility index (Phi) is 4.51. The van der Waals surface area contributed by atoms with Gasteiger partial charge in [-0.1, -0.05) is 19.1 Å². The fraction of sp³-hybridized carbons (Fsp3) is 0.667. The van der Waals surface area contributed by atoms with Gasteiger partial charge in [-0.2, -0.15) is 0 Å². The minimum Gasteiger partial charge on any atom is -0.374 e. The van der Waals surface area contributed by atoms with Gasteiger partial charge in [-0.3, -0.25) is 4.90 Å². The maximum Gasteiger partial charge on any atom is 0.0397 e. The molecule has 2 atom stereocenters. The lowest BCUT2D eigenvalue weighted by atomic mass is 9.92. The molecule has 2 aliphatic rings. The van der Waals surface area contributed by atoms with E-state index in [1.807, 2.05) is 0 Å². The summed E-state index contributed by atoms with van der Waals surface area (Å²) in [6.45, 7) is 7.06. The fourth-order valence-corrected chi connectivity index (χ4v) is 4.19. The lowest BCUT2D eigenvalue weighted by Gasteiger charge is -2.29. The summed E-state index contributed by atoms with van der Waals surface area (Å²) in [5.74, 6) is 0.749. The molecule has 116 valence electrons. The molecule has 3 heteroatoms. The first kappa shape index (κ1) is 14.9. The molecule has 1 aromatic carbocycles. The van der Waals surface area contributed by atoms with Crippen LogP contribution in [0.2, 0.25) is 0 Å². The van der Waals surface area contributed by atoms with Gasteiger partial charge >= 0.3 is 0 Å². The second-order valence-electron chi connectivity index (χ2n) is 6.65. The van der Waals surface area contributed by atoms with Gasteiger partial charge in [-0.15, -0.1) is 0 Å². The molecule has 0 spiro atoms. The van der Waals surface area contributed by atoms with Crippen molar-refractivity contribution in [1.29, 1.82) is 0 Å². The third-order valence-electron chi connectivity index (χ3n) is 5.18. The van der Waals surface area contributed by atoms with Crippen molar-refractivity contribution in [2.24, 2.45) is 5.92 Å². The van der Waals surface area contributed by atoms with Gasteiger partial charge in [-0.05, 0) is 69.1 Å². The summed E-state index contributed by atoms with van der Waals surface area (Å²) in [6, 6.07) is 7.81. The zero-order chi connectivity index (χ0) is 14.8. The Labute approximate surface area is 129 Å². The molecule has 3 nitrogen and oxygen atoms in total. The molecule has 2 heterocycles. The van der Waals surface area contributed by atoms with Gasteiger partial charge in [0.05, 0.1) is 0 Å². The maximum absolute atomic E-state index is 3.40. The summed E-state index contributed by atoms with van der Waals surface area (Å²) in [7, 11) is 4.28. The molecule has 0 amide bonds. The number of benzene rings is 1. The highest BCUT2D eigenvalue weighted by Gasteiger charge is 2.34. The van der Waals surface area contributed by atoms with Crippen LogP contribution in [0.3, 0.4) is 0 Å². The standard InChI is InChI=1S/C18H29N3/c1-4-9-21-11-8-16(13-19-2)18(21)15-5-6-17-14(12-15)7-10-20(17)3/h5-6,12,16,18-19H,4,7-11,13H2,1-3H3. The minimum absolute atomic E-state index is 0.605. The van der Waals surface area contributed by atoms with E-state index in [-0.39, 0.29) is 0 Å². The summed E-state index contributed by atoms with van der Waals surface area (Å²) < 4.78 is 0. The summed E-state index contributed by atoms with van der Waals surface area (Å²) >= 11 is 0. The Bertz CT molecular complexity index is 471. The number of hydrogen-bond acceptors (Lipinski definition) is 3. The predicted molar refractivity (Wildman–Crippen MR) is 90.1 cm³/mol. The van der Waals surface area contributed by atoms with Gasteiger partial charge in [0, 0.05) is 25.3 Å². The van der Waals surface area contributed by atoms with E-state index in [1.165, 1.54) is 50.1 Å². The molecule has 1 fully saturated rings. The largest absolute Gasteiger partial charge is 0.374 e. The first-order valence-electron chi connectivity index (χ1n) is 8.47. The molecule has 0 radical (unpaired) electrons. The highest BCUT2D eigenvalue weighted by molar-refractivity contribution is 5.58. The zero-order valence-corrected chi connectivity index (χ0v) is 13.7. The normalized spacial score (nSPS) is 25.6. The van der Waals surface area contributed by atoms with Gasteiger partial charge in [0.1, 0.15) is 0 Å². The number of fused-ring (bicyclic) bond motifs is 1.